The highest BCUT2D eigenvalue weighted by Crippen LogP contribution is 2.43. The maximum Gasteiger partial charge on any atom is 0.160 e. The number of ether oxygens (including phenoxy) is 2. The Morgan fingerprint density at radius 3 is 2.14 bits per heavy atom. The van der Waals surface area contributed by atoms with E-state index in [1.165, 1.54) is 0 Å². The quantitative estimate of drug-likeness (QED) is 0.734. The molecule has 0 radical (unpaired) electrons. The van der Waals surface area contributed by atoms with Gasteiger partial charge >= 0.3 is 0 Å². The molecule has 0 spiro atoms. The van der Waals surface area contributed by atoms with Gasteiger partial charge in [-0.05, 0) is 18.2 Å². The molecule has 0 aliphatic heterocycles. The standard InChI is InChI=1S/C16H13ClN2O2/c1-20-12-8-5-9-13(21-2)15(12)14-10-6-3-4-7-11(10)18-19-16(14)17/h3-9H,1-2H3. The lowest BCUT2D eigenvalue weighted by Crippen LogP contribution is -1.96. The van der Waals surface area contributed by atoms with Gasteiger partial charge in [-0.3, -0.25) is 0 Å². The van der Waals surface area contributed by atoms with E-state index < -0.39 is 0 Å². The molecule has 2 aromatic carbocycles. The normalized spacial score (nSPS) is 10.6. The van der Waals surface area contributed by atoms with Gasteiger partial charge in [-0.25, -0.2) is 0 Å². The Balaban J connectivity index is 2.43. The highest BCUT2D eigenvalue weighted by atomic mass is 35.5. The fraction of sp³-hybridized carbons (Fsp3) is 0.125. The Labute approximate surface area is 127 Å². The summed E-state index contributed by atoms with van der Waals surface area (Å²) in [6.07, 6.45) is 0. The first kappa shape index (κ1) is 13.6. The summed E-state index contributed by atoms with van der Waals surface area (Å²) >= 11 is 6.31. The second kappa shape index (κ2) is 5.58. The number of benzene rings is 2. The number of rotatable bonds is 3. The summed E-state index contributed by atoms with van der Waals surface area (Å²) in [5.74, 6) is 1.35. The topological polar surface area (TPSA) is 44.2 Å². The fourth-order valence-electron chi connectivity index (χ4n) is 2.37. The van der Waals surface area contributed by atoms with Crippen molar-refractivity contribution in [1.82, 2.24) is 10.2 Å². The van der Waals surface area contributed by atoms with Crippen LogP contribution in [0.15, 0.2) is 42.5 Å². The van der Waals surface area contributed by atoms with E-state index in [2.05, 4.69) is 10.2 Å². The minimum Gasteiger partial charge on any atom is -0.496 e. The van der Waals surface area contributed by atoms with Gasteiger partial charge in [0.25, 0.3) is 0 Å². The van der Waals surface area contributed by atoms with E-state index in [0.29, 0.717) is 16.7 Å². The van der Waals surface area contributed by atoms with Crippen LogP contribution in [0.25, 0.3) is 22.0 Å². The highest BCUT2D eigenvalue weighted by Gasteiger charge is 2.19. The van der Waals surface area contributed by atoms with Crippen molar-refractivity contribution in [3.63, 3.8) is 0 Å². The number of halogens is 1. The average molecular weight is 301 g/mol. The lowest BCUT2D eigenvalue weighted by atomic mass is 10.0. The van der Waals surface area contributed by atoms with E-state index in [4.69, 9.17) is 21.1 Å². The fourth-order valence-corrected chi connectivity index (χ4v) is 2.60. The Bertz CT molecular complexity index is 783. The van der Waals surface area contributed by atoms with Crippen LogP contribution in [0.3, 0.4) is 0 Å². The molecule has 0 bridgehead atoms. The molecule has 3 aromatic rings. The van der Waals surface area contributed by atoms with Crippen molar-refractivity contribution < 1.29 is 9.47 Å². The molecule has 106 valence electrons. The molecule has 3 rings (SSSR count). The Hall–Kier alpha value is -2.33. The van der Waals surface area contributed by atoms with Crippen molar-refractivity contribution in [2.75, 3.05) is 14.2 Å². The third-order valence-electron chi connectivity index (χ3n) is 3.30. The maximum absolute atomic E-state index is 6.31. The molecule has 0 saturated heterocycles. The van der Waals surface area contributed by atoms with E-state index in [9.17, 15) is 0 Å². The molecule has 21 heavy (non-hydrogen) atoms. The first-order valence-corrected chi connectivity index (χ1v) is 6.76. The van der Waals surface area contributed by atoms with Crippen molar-refractivity contribution in [3.05, 3.63) is 47.6 Å². The third kappa shape index (κ3) is 2.28. The van der Waals surface area contributed by atoms with E-state index in [-0.39, 0.29) is 0 Å². The van der Waals surface area contributed by atoms with Gasteiger partial charge in [-0.15, -0.1) is 10.2 Å². The van der Waals surface area contributed by atoms with Crippen molar-refractivity contribution >= 4 is 22.5 Å². The van der Waals surface area contributed by atoms with Gasteiger partial charge in [-0.2, -0.15) is 0 Å². The van der Waals surface area contributed by atoms with Gasteiger partial charge in [0.15, 0.2) is 5.15 Å². The van der Waals surface area contributed by atoms with Crippen molar-refractivity contribution in [1.29, 1.82) is 0 Å². The Morgan fingerprint density at radius 1 is 0.810 bits per heavy atom. The van der Waals surface area contributed by atoms with Gasteiger partial charge < -0.3 is 9.47 Å². The molecule has 0 fully saturated rings. The summed E-state index contributed by atoms with van der Waals surface area (Å²) in [5.41, 5.74) is 2.31. The molecule has 0 atom stereocenters. The van der Waals surface area contributed by atoms with Gasteiger partial charge in [0.05, 0.1) is 25.3 Å². The zero-order valence-electron chi connectivity index (χ0n) is 11.6. The maximum atomic E-state index is 6.31. The Morgan fingerprint density at radius 2 is 1.48 bits per heavy atom. The molecule has 0 aliphatic carbocycles. The second-order valence-corrected chi connectivity index (χ2v) is 4.78. The van der Waals surface area contributed by atoms with Crippen LogP contribution in [0, 0.1) is 0 Å². The summed E-state index contributed by atoms with van der Waals surface area (Å²) in [7, 11) is 3.23. The van der Waals surface area contributed by atoms with Crippen LogP contribution in [0.5, 0.6) is 11.5 Å². The van der Waals surface area contributed by atoms with E-state index in [0.717, 1.165) is 22.0 Å². The molecule has 1 heterocycles. The smallest absolute Gasteiger partial charge is 0.160 e. The molecule has 0 N–H and O–H groups in total. The molecule has 5 heteroatoms. The van der Waals surface area contributed by atoms with Crippen LogP contribution in [0.1, 0.15) is 0 Å². The molecular weight excluding hydrogens is 288 g/mol. The number of hydrogen-bond acceptors (Lipinski definition) is 4. The van der Waals surface area contributed by atoms with Gasteiger partial charge in [0, 0.05) is 10.9 Å². The summed E-state index contributed by atoms with van der Waals surface area (Å²) in [6, 6.07) is 13.3. The minimum absolute atomic E-state index is 0.316. The molecule has 4 nitrogen and oxygen atoms in total. The van der Waals surface area contributed by atoms with Crippen molar-refractivity contribution in [2.45, 2.75) is 0 Å². The molecule has 0 unspecified atom stereocenters. The predicted octanol–water partition coefficient (Wildman–Crippen LogP) is 3.97. The largest absolute Gasteiger partial charge is 0.496 e. The second-order valence-electron chi connectivity index (χ2n) is 4.42. The van der Waals surface area contributed by atoms with Crippen LogP contribution < -0.4 is 9.47 Å². The molecule has 0 amide bonds. The van der Waals surface area contributed by atoms with E-state index >= 15 is 0 Å². The van der Waals surface area contributed by atoms with Gasteiger partial charge in [0.1, 0.15) is 11.5 Å². The number of nitrogens with zero attached hydrogens (tertiary/aromatic N) is 2. The van der Waals surface area contributed by atoms with Crippen LogP contribution >= 0.6 is 11.6 Å². The van der Waals surface area contributed by atoms with E-state index in [1.807, 2.05) is 42.5 Å². The first-order valence-electron chi connectivity index (χ1n) is 6.38. The zero-order valence-corrected chi connectivity index (χ0v) is 12.4. The number of aromatic nitrogens is 2. The SMILES string of the molecule is COc1cccc(OC)c1-c1c(Cl)nnc2ccccc12. The number of fused-ring (bicyclic) bond motifs is 1. The van der Waals surface area contributed by atoms with Gasteiger partial charge in [-0.1, -0.05) is 35.9 Å². The lowest BCUT2D eigenvalue weighted by molar-refractivity contribution is 0.397. The summed E-state index contributed by atoms with van der Waals surface area (Å²) in [4.78, 5) is 0. The minimum atomic E-state index is 0.316. The third-order valence-corrected chi connectivity index (χ3v) is 3.57. The number of methoxy groups -OCH3 is 2. The van der Waals surface area contributed by atoms with Gasteiger partial charge in [0.2, 0.25) is 0 Å². The lowest BCUT2D eigenvalue weighted by Gasteiger charge is -2.15. The average Bonchev–Trinajstić information content (AvgIpc) is 2.54. The molecule has 1 aromatic heterocycles. The molecule has 0 aliphatic rings. The van der Waals surface area contributed by atoms with Crippen LogP contribution in [-0.2, 0) is 0 Å². The van der Waals surface area contributed by atoms with Crippen LogP contribution in [-0.4, -0.2) is 24.4 Å². The summed E-state index contributed by atoms with van der Waals surface area (Å²) < 4.78 is 10.9. The summed E-state index contributed by atoms with van der Waals surface area (Å²) in [5, 5.41) is 9.37. The monoisotopic (exact) mass is 300 g/mol. The van der Waals surface area contributed by atoms with Crippen molar-refractivity contribution in [2.24, 2.45) is 0 Å². The molecule has 0 saturated carbocycles. The molecular formula is C16H13ClN2O2. The number of hydrogen-bond donors (Lipinski definition) is 0. The van der Waals surface area contributed by atoms with Crippen LogP contribution in [0.2, 0.25) is 5.15 Å². The predicted molar refractivity (Wildman–Crippen MR) is 83.1 cm³/mol. The summed E-state index contributed by atoms with van der Waals surface area (Å²) in [6.45, 7) is 0. The first-order chi connectivity index (χ1) is 10.3. The van der Waals surface area contributed by atoms with Crippen molar-refractivity contribution in [3.8, 4) is 22.6 Å². The van der Waals surface area contributed by atoms with Crippen LogP contribution in [0.4, 0.5) is 0 Å². The zero-order chi connectivity index (χ0) is 14.8. The Kier molecular flexibility index (Phi) is 3.62. The van der Waals surface area contributed by atoms with E-state index in [1.54, 1.807) is 14.2 Å². The highest BCUT2D eigenvalue weighted by molar-refractivity contribution is 6.33.